The normalized spacial score (nSPS) is 14.5. The summed E-state index contributed by atoms with van der Waals surface area (Å²) in [4.78, 5) is 71.3. The first-order valence-corrected chi connectivity index (χ1v) is 32.5. The van der Waals surface area contributed by atoms with Crippen molar-refractivity contribution in [1.82, 2.24) is 0 Å². The van der Waals surface area contributed by atoms with E-state index in [1.807, 2.05) is 0 Å². The molecule has 0 aliphatic carbocycles. The Morgan fingerprint density at radius 1 is 0.360 bits per heavy atom. The minimum absolute atomic E-state index is 0.0983. The van der Waals surface area contributed by atoms with Crippen LogP contribution in [0.5, 0.6) is 0 Å². The van der Waals surface area contributed by atoms with Gasteiger partial charge in [-0.3, -0.25) is 37.3 Å². The van der Waals surface area contributed by atoms with Crippen molar-refractivity contribution in [3.63, 3.8) is 0 Å². The number of ether oxygens (including phenoxy) is 4. The van der Waals surface area contributed by atoms with E-state index < -0.39 is 97.5 Å². The molecule has 17 nitrogen and oxygen atoms in total. The first-order valence-electron chi connectivity index (χ1n) is 29.5. The molecule has 0 aromatic rings. The number of carbonyl (C=O) groups excluding carboxylic acids is 4. The van der Waals surface area contributed by atoms with Crippen molar-refractivity contribution in [2.24, 2.45) is 11.8 Å². The summed E-state index contributed by atoms with van der Waals surface area (Å²) in [6.07, 6.45) is 28.8. The van der Waals surface area contributed by atoms with Crippen molar-refractivity contribution in [2.45, 2.75) is 285 Å². The fraction of sp³-hybridized carbons (Fsp3) is 0.929. The van der Waals surface area contributed by atoms with E-state index in [0.717, 1.165) is 108 Å². The van der Waals surface area contributed by atoms with E-state index in [1.54, 1.807) is 0 Å². The van der Waals surface area contributed by atoms with Gasteiger partial charge in [-0.05, 0) is 37.5 Å². The molecular formula is C56H108O17P2. The quantitative estimate of drug-likeness (QED) is 0.0222. The Bertz CT molecular complexity index is 1500. The molecule has 2 unspecified atom stereocenters. The van der Waals surface area contributed by atoms with Crippen molar-refractivity contribution >= 4 is 39.5 Å². The van der Waals surface area contributed by atoms with Gasteiger partial charge in [-0.15, -0.1) is 0 Å². The second-order valence-electron chi connectivity index (χ2n) is 21.3. The lowest BCUT2D eigenvalue weighted by Gasteiger charge is -2.21. The number of aliphatic hydroxyl groups excluding tert-OH is 1. The summed E-state index contributed by atoms with van der Waals surface area (Å²) >= 11 is 0. The molecular weight excluding hydrogens is 1010 g/mol. The van der Waals surface area contributed by atoms with E-state index in [-0.39, 0.29) is 25.7 Å². The van der Waals surface area contributed by atoms with Crippen LogP contribution in [-0.4, -0.2) is 96.7 Å². The van der Waals surface area contributed by atoms with Crippen molar-refractivity contribution in [3.05, 3.63) is 0 Å². The highest BCUT2D eigenvalue weighted by molar-refractivity contribution is 7.47. The molecule has 0 heterocycles. The molecule has 5 atom stereocenters. The van der Waals surface area contributed by atoms with Gasteiger partial charge >= 0.3 is 39.5 Å². The average molecular weight is 1120 g/mol. The van der Waals surface area contributed by atoms with Gasteiger partial charge in [-0.25, -0.2) is 9.13 Å². The minimum Gasteiger partial charge on any atom is -0.462 e. The topological polar surface area (TPSA) is 237 Å². The highest BCUT2D eigenvalue weighted by Gasteiger charge is 2.30. The fourth-order valence-corrected chi connectivity index (χ4v) is 9.70. The lowest BCUT2D eigenvalue weighted by atomic mass is 10.0. The number of carbonyl (C=O) groups is 4. The maximum Gasteiger partial charge on any atom is 0.472 e. The van der Waals surface area contributed by atoms with E-state index >= 15 is 0 Å². The number of phosphoric ester groups is 2. The minimum atomic E-state index is -4.93. The molecule has 0 bridgehead atoms. The second kappa shape index (κ2) is 49.1. The summed E-state index contributed by atoms with van der Waals surface area (Å²) in [5.74, 6) is -0.676. The Labute approximate surface area is 454 Å². The molecule has 0 aliphatic heterocycles. The summed E-state index contributed by atoms with van der Waals surface area (Å²) in [7, 11) is -9.85. The van der Waals surface area contributed by atoms with Crippen molar-refractivity contribution in [3.8, 4) is 0 Å². The predicted molar refractivity (Wildman–Crippen MR) is 294 cm³/mol. The molecule has 0 aliphatic rings. The third-order valence-electron chi connectivity index (χ3n) is 12.7. The molecule has 75 heavy (non-hydrogen) atoms. The molecule has 0 saturated heterocycles. The van der Waals surface area contributed by atoms with Gasteiger partial charge in [0.25, 0.3) is 0 Å². The Hall–Kier alpha value is -1.94. The molecule has 0 spiro atoms. The molecule has 0 saturated carbocycles. The molecule has 0 rings (SSSR count). The highest BCUT2D eigenvalue weighted by atomic mass is 31.2. The van der Waals surface area contributed by atoms with Crippen LogP contribution < -0.4 is 0 Å². The van der Waals surface area contributed by atoms with Crippen LogP contribution in [0.3, 0.4) is 0 Å². The zero-order chi connectivity index (χ0) is 55.8. The number of esters is 4. The van der Waals surface area contributed by atoms with Gasteiger partial charge in [0.15, 0.2) is 12.2 Å². The number of hydrogen-bond donors (Lipinski definition) is 3. The number of hydrogen-bond acceptors (Lipinski definition) is 15. The van der Waals surface area contributed by atoms with Gasteiger partial charge in [0.1, 0.15) is 19.3 Å². The molecule has 0 radical (unpaired) electrons. The van der Waals surface area contributed by atoms with Crippen LogP contribution >= 0.6 is 15.6 Å². The van der Waals surface area contributed by atoms with Crippen LogP contribution in [0.1, 0.15) is 266 Å². The predicted octanol–water partition coefficient (Wildman–Crippen LogP) is 14.5. The van der Waals surface area contributed by atoms with E-state index in [1.165, 1.54) is 77.0 Å². The standard InChI is InChI=1S/C56H108O17P2/c1-7-9-11-24-32-38-53(58)66-44-51(72-55(60)40-34-25-12-10-8-2)46-70-74(62,63)68-42-50(57)43-69-75(64,65)71-47-52(45-67-54(59)39-33-28-22-19-18-21-27-31-37-49(5)6)73-56(61)41-35-29-23-17-15-13-14-16-20-26-30-36-48(3)4/h48-52,57H,7-47H2,1-6H3,(H,62,63)(H,64,65)/t50-,51+,52+/m0/s1. The van der Waals surface area contributed by atoms with Gasteiger partial charge in [-0.1, -0.05) is 215 Å². The first kappa shape index (κ1) is 73.1. The summed E-state index contributed by atoms with van der Waals surface area (Å²) in [5, 5.41) is 10.4. The smallest absolute Gasteiger partial charge is 0.462 e. The van der Waals surface area contributed by atoms with Gasteiger partial charge < -0.3 is 33.8 Å². The number of aliphatic hydroxyl groups is 1. The Kier molecular flexibility index (Phi) is 47.9. The van der Waals surface area contributed by atoms with Crippen molar-refractivity contribution < 1.29 is 80.2 Å². The van der Waals surface area contributed by atoms with Gasteiger partial charge in [-0.2, -0.15) is 0 Å². The lowest BCUT2D eigenvalue weighted by molar-refractivity contribution is -0.161. The van der Waals surface area contributed by atoms with Gasteiger partial charge in [0.2, 0.25) is 0 Å². The third kappa shape index (κ3) is 51.3. The maximum atomic E-state index is 12.9. The Morgan fingerprint density at radius 2 is 0.613 bits per heavy atom. The van der Waals surface area contributed by atoms with Crippen LogP contribution in [-0.2, 0) is 65.4 Å². The van der Waals surface area contributed by atoms with Crippen LogP contribution in [0, 0.1) is 11.8 Å². The monoisotopic (exact) mass is 1110 g/mol. The van der Waals surface area contributed by atoms with Crippen LogP contribution in [0.15, 0.2) is 0 Å². The average Bonchev–Trinajstić information content (AvgIpc) is 3.36. The van der Waals surface area contributed by atoms with E-state index in [0.29, 0.717) is 25.7 Å². The van der Waals surface area contributed by atoms with Gasteiger partial charge in [0, 0.05) is 25.7 Å². The molecule has 19 heteroatoms. The molecule has 0 aromatic carbocycles. The maximum absolute atomic E-state index is 12.9. The zero-order valence-electron chi connectivity index (χ0n) is 47.8. The summed E-state index contributed by atoms with van der Waals surface area (Å²) in [6, 6.07) is 0. The van der Waals surface area contributed by atoms with Crippen LogP contribution in [0.4, 0.5) is 0 Å². The lowest BCUT2D eigenvalue weighted by Crippen LogP contribution is -2.30. The summed E-state index contributed by atoms with van der Waals surface area (Å²) in [6.45, 7) is 9.21. The van der Waals surface area contributed by atoms with Gasteiger partial charge in [0.05, 0.1) is 26.4 Å². The number of unbranched alkanes of at least 4 members (excludes halogenated alkanes) is 25. The molecule has 3 N–H and O–H groups in total. The summed E-state index contributed by atoms with van der Waals surface area (Å²) < 4.78 is 67.2. The SMILES string of the molecule is CCCCCCCC(=O)OC[C@H](COP(=O)(O)OC[C@H](O)COP(=O)(O)OC[C@@H](COC(=O)CCCCCCCCCCC(C)C)OC(=O)CCCCCCCCCCCCCC(C)C)OC(=O)CCCCCCC. The Morgan fingerprint density at radius 3 is 0.907 bits per heavy atom. The summed E-state index contributed by atoms with van der Waals surface area (Å²) in [5.41, 5.74) is 0. The fourth-order valence-electron chi connectivity index (χ4n) is 8.12. The second-order valence-corrected chi connectivity index (χ2v) is 24.2. The van der Waals surface area contributed by atoms with E-state index in [2.05, 4.69) is 41.5 Å². The van der Waals surface area contributed by atoms with E-state index in [9.17, 15) is 43.2 Å². The van der Waals surface area contributed by atoms with Crippen LogP contribution in [0.25, 0.3) is 0 Å². The van der Waals surface area contributed by atoms with Crippen molar-refractivity contribution in [2.75, 3.05) is 39.6 Å². The van der Waals surface area contributed by atoms with E-state index in [4.69, 9.17) is 37.0 Å². The molecule has 0 fully saturated rings. The first-order chi connectivity index (χ1) is 35.9. The number of phosphoric acid groups is 2. The van der Waals surface area contributed by atoms with Crippen molar-refractivity contribution in [1.29, 1.82) is 0 Å². The number of rotatable bonds is 55. The highest BCUT2D eigenvalue weighted by Crippen LogP contribution is 2.45. The molecule has 444 valence electrons. The Balaban J connectivity index is 5.14. The van der Waals surface area contributed by atoms with Crippen LogP contribution in [0.2, 0.25) is 0 Å². The third-order valence-corrected chi connectivity index (χ3v) is 14.6. The largest absolute Gasteiger partial charge is 0.472 e. The molecule has 0 amide bonds. The molecule has 0 aromatic heterocycles. The zero-order valence-corrected chi connectivity index (χ0v) is 49.6.